The first-order valence-corrected chi connectivity index (χ1v) is 8.19. The molecule has 0 aromatic heterocycles. The normalized spacial score (nSPS) is 21.5. The molecule has 2 aliphatic heterocycles. The molecule has 136 valence electrons. The molecule has 1 atom stereocenters. The molecule has 3 rings (SSSR count). The second-order valence-electron chi connectivity index (χ2n) is 6.26. The van der Waals surface area contributed by atoms with Gasteiger partial charge in [0.05, 0.1) is 19.1 Å². The van der Waals surface area contributed by atoms with Gasteiger partial charge in [0, 0.05) is 37.3 Å². The van der Waals surface area contributed by atoms with Crippen molar-refractivity contribution in [1.29, 1.82) is 0 Å². The fourth-order valence-corrected chi connectivity index (χ4v) is 3.10. The quantitative estimate of drug-likeness (QED) is 0.816. The highest BCUT2D eigenvalue weighted by Crippen LogP contribution is 2.33. The van der Waals surface area contributed by atoms with Gasteiger partial charge in [0.15, 0.2) is 0 Å². The van der Waals surface area contributed by atoms with Crippen LogP contribution in [0.3, 0.4) is 0 Å². The van der Waals surface area contributed by atoms with E-state index in [-0.39, 0.29) is 25.4 Å². The van der Waals surface area contributed by atoms with E-state index in [1.165, 1.54) is 17.0 Å². The van der Waals surface area contributed by atoms with Crippen LogP contribution in [0.1, 0.15) is 27.1 Å². The molecule has 2 saturated heterocycles. The highest BCUT2D eigenvalue weighted by molar-refractivity contribution is 5.98. The first-order valence-electron chi connectivity index (χ1n) is 8.19. The number of alkyl halides is 3. The van der Waals surface area contributed by atoms with Gasteiger partial charge in [0.1, 0.15) is 0 Å². The Morgan fingerprint density at radius 3 is 1.92 bits per heavy atom. The number of carbonyl (C=O) groups is 2. The molecule has 0 aliphatic carbocycles. The Morgan fingerprint density at radius 1 is 0.920 bits per heavy atom. The molecule has 0 spiro atoms. The average Bonchev–Trinajstić information content (AvgIpc) is 3.12. The summed E-state index contributed by atoms with van der Waals surface area (Å²) in [5.74, 6) is -2.03. The predicted molar refractivity (Wildman–Crippen MR) is 83.2 cm³/mol. The molecule has 25 heavy (non-hydrogen) atoms. The fourth-order valence-electron chi connectivity index (χ4n) is 3.10. The minimum atomic E-state index is -4.27. The van der Waals surface area contributed by atoms with Crippen LogP contribution in [-0.4, -0.2) is 67.2 Å². The Balaban J connectivity index is 1.64. The van der Waals surface area contributed by atoms with E-state index < -0.39 is 18.0 Å². The molecule has 1 aromatic rings. The molecular weight excluding hydrogens is 337 g/mol. The molecule has 0 N–H and O–H groups in total. The molecule has 5 nitrogen and oxygen atoms in total. The summed E-state index contributed by atoms with van der Waals surface area (Å²) >= 11 is 0. The van der Waals surface area contributed by atoms with Crippen molar-refractivity contribution in [3.05, 3.63) is 35.4 Å². The van der Waals surface area contributed by atoms with E-state index >= 15 is 0 Å². The molecule has 1 aromatic carbocycles. The first kappa shape index (κ1) is 17.7. The van der Waals surface area contributed by atoms with Crippen molar-refractivity contribution in [2.45, 2.75) is 12.6 Å². The molecular formula is C17H19F3N2O3. The molecule has 2 aliphatic rings. The van der Waals surface area contributed by atoms with Crippen LogP contribution in [0.5, 0.6) is 0 Å². The van der Waals surface area contributed by atoms with Crippen LogP contribution < -0.4 is 0 Å². The number of nitrogens with zero attached hydrogens (tertiary/aromatic N) is 2. The summed E-state index contributed by atoms with van der Waals surface area (Å²) in [6.45, 7) is 1.82. The lowest BCUT2D eigenvalue weighted by atomic mass is 10.1. The van der Waals surface area contributed by atoms with Gasteiger partial charge in [0.25, 0.3) is 11.8 Å². The predicted octanol–water partition coefficient (Wildman–Crippen LogP) is 2.18. The Bertz CT molecular complexity index is 640. The standard InChI is InChI=1S/C17H19F3N2O3/c18-17(19,20)14-5-6-22(11-14)16(24)13-3-1-12(2-4-13)15(23)21-7-9-25-10-8-21/h1-4,14H,5-11H2. The van der Waals surface area contributed by atoms with E-state index in [0.29, 0.717) is 37.4 Å². The zero-order chi connectivity index (χ0) is 18.0. The molecule has 2 fully saturated rings. The van der Waals surface area contributed by atoms with Crippen LogP contribution >= 0.6 is 0 Å². The third kappa shape index (κ3) is 3.95. The number of likely N-dealkylation sites (tertiary alicyclic amines) is 1. The Morgan fingerprint density at radius 2 is 1.44 bits per heavy atom. The van der Waals surface area contributed by atoms with E-state index in [1.807, 2.05) is 0 Å². The molecule has 1 unspecified atom stereocenters. The second-order valence-corrected chi connectivity index (χ2v) is 6.26. The second kappa shape index (κ2) is 7.03. The maximum atomic E-state index is 12.7. The maximum absolute atomic E-state index is 12.7. The maximum Gasteiger partial charge on any atom is 0.393 e. The van der Waals surface area contributed by atoms with Gasteiger partial charge in [-0.2, -0.15) is 13.2 Å². The van der Waals surface area contributed by atoms with Crippen LogP contribution in [0.25, 0.3) is 0 Å². The molecule has 0 saturated carbocycles. The Labute approximate surface area is 143 Å². The minimum absolute atomic E-state index is 0.0666. The van der Waals surface area contributed by atoms with Gasteiger partial charge in [-0.25, -0.2) is 0 Å². The van der Waals surface area contributed by atoms with Crippen LogP contribution in [0, 0.1) is 5.92 Å². The number of benzene rings is 1. The lowest BCUT2D eigenvalue weighted by Gasteiger charge is -2.27. The topological polar surface area (TPSA) is 49.9 Å². The smallest absolute Gasteiger partial charge is 0.378 e. The van der Waals surface area contributed by atoms with Gasteiger partial charge in [-0.05, 0) is 30.7 Å². The van der Waals surface area contributed by atoms with E-state index in [4.69, 9.17) is 4.74 Å². The average molecular weight is 356 g/mol. The summed E-state index contributed by atoms with van der Waals surface area (Å²) in [6, 6.07) is 6.08. The van der Waals surface area contributed by atoms with Gasteiger partial charge in [-0.3, -0.25) is 9.59 Å². The number of hydrogen-bond acceptors (Lipinski definition) is 3. The summed E-state index contributed by atoms with van der Waals surface area (Å²) < 4.78 is 43.4. The van der Waals surface area contributed by atoms with Crippen LogP contribution in [-0.2, 0) is 4.74 Å². The molecule has 0 bridgehead atoms. The lowest BCUT2D eigenvalue weighted by molar-refractivity contribution is -0.169. The zero-order valence-corrected chi connectivity index (χ0v) is 13.6. The van der Waals surface area contributed by atoms with E-state index in [1.54, 1.807) is 17.0 Å². The van der Waals surface area contributed by atoms with Crippen LogP contribution in [0.15, 0.2) is 24.3 Å². The fraction of sp³-hybridized carbons (Fsp3) is 0.529. The third-order valence-electron chi connectivity index (χ3n) is 4.62. The Hall–Kier alpha value is -2.09. The largest absolute Gasteiger partial charge is 0.393 e. The van der Waals surface area contributed by atoms with Crippen molar-refractivity contribution >= 4 is 11.8 Å². The summed E-state index contributed by atoms with van der Waals surface area (Å²) in [5.41, 5.74) is 0.745. The molecule has 8 heteroatoms. The monoisotopic (exact) mass is 356 g/mol. The number of rotatable bonds is 2. The van der Waals surface area contributed by atoms with E-state index in [9.17, 15) is 22.8 Å². The van der Waals surface area contributed by atoms with E-state index in [0.717, 1.165) is 0 Å². The number of carbonyl (C=O) groups excluding carboxylic acids is 2. The highest BCUT2D eigenvalue weighted by atomic mass is 19.4. The van der Waals surface area contributed by atoms with Gasteiger partial charge in [-0.15, -0.1) is 0 Å². The number of halogens is 3. The number of hydrogen-bond donors (Lipinski definition) is 0. The van der Waals surface area contributed by atoms with Crippen molar-refractivity contribution in [1.82, 2.24) is 9.80 Å². The summed E-state index contributed by atoms with van der Waals surface area (Å²) in [7, 11) is 0. The molecule has 2 heterocycles. The van der Waals surface area contributed by atoms with Crippen molar-refractivity contribution in [3.8, 4) is 0 Å². The van der Waals surface area contributed by atoms with Crippen LogP contribution in [0.2, 0.25) is 0 Å². The summed E-state index contributed by atoms with van der Waals surface area (Å²) in [4.78, 5) is 27.6. The first-order chi connectivity index (χ1) is 11.9. The van der Waals surface area contributed by atoms with Gasteiger partial charge in [-0.1, -0.05) is 0 Å². The zero-order valence-electron chi connectivity index (χ0n) is 13.6. The molecule has 0 radical (unpaired) electrons. The van der Waals surface area contributed by atoms with Crippen molar-refractivity contribution in [2.75, 3.05) is 39.4 Å². The minimum Gasteiger partial charge on any atom is -0.378 e. The van der Waals surface area contributed by atoms with Crippen molar-refractivity contribution in [2.24, 2.45) is 5.92 Å². The van der Waals surface area contributed by atoms with Gasteiger partial charge in [0.2, 0.25) is 0 Å². The Kier molecular flexibility index (Phi) is 4.99. The van der Waals surface area contributed by atoms with E-state index in [2.05, 4.69) is 0 Å². The number of amides is 2. The number of morpholine rings is 1. The summed E-state index contributed by atoms with van der Waals surface area (Å²) in [5, 5.41) is 0. The van der Waals surface area contributed by atoms with Gasteiger partial charge < -0.3 is 14.5 Å². The van der Waals surface area contributed by atoms with Crippen LogP contribution in [0.4, 0.5) is 13.2 Å². The van der Waals surface area contributed by atoms with Crippen molar-refractivity contribution in [3.63, 3.8) is 0 Å². The van der Waals surface area contributed by atoms with Crippen molar-refractivity contribution < 1.29 is 27.5 Å². The van der Waals surface area contributed by atoms with Gasteiger partial charge >= 0.3 is 6.18 Å². The number of ether oxygens (including phenoxy) is 1. The summed E-state index contributed by atoms with van der Waals surface area (Å²) in [6.07, 6.45) is -4.34. The third-order valence-corrected chi connectivity index (χ3v) is 4.62. The highest BCUT2D eigenvalue weighted by Gasteiger charge is 2.44. The lowest BCUT2D eigenvalue weighted by Crippen LogP contribution is -2.40. The SMILES string of the molecule is O=C(c1ccc(C(=O)N2CCC(C(F)(F)F)C2)cc1)N1CCOCC1. The molecule has 2 amide bonds.